The highest BCUT2D eigenvalue weighted by atomic mass is 32.2. The third-order valence-electron chi connectivity index (χ3n) is 3.52. The Kier molecular flexibility index (Phi) is 7.11. The second-order valence-corrected chi connectivity index (χ2v) is 7.65. The molecular formula is C18H19N5O2S2. The normalized spacial score (nSPS) is 10.7. The van der Waals surface area contributed by atoms with Crippen molar-refractivity contribution < 1.29 is 9.90 Å². The molecule has 0 aliphatic heterocycles. The first-order valence-electron chi connectivity index (χ1n) is 8.37. The minimum atomic E-state index is -0.0510. The number of thioether (sulfide) groups is 2. The first-order valence-corrected chi connectivity index (χ1v) is 10.3. The first-order chi connectivity index (χ1) is 13.2. The molecule has 140 valence electrons. The van der Waals surface area contributed by atoms with Crippen LogP contribution in [0.4, 0.5) is 0 Å². The Balaban J connectivity index is 1.38. The SMILES string of the molecule is O=C(CSc1nnnn1-c1ccc(O)cc1)NCCCSc1ccccc1. The van der Waals surface area contributed by atoms with Gasteiger partial charge in [0.1, 0.15) is 5.75 Å². The van der Waals surface area contributed by atoms with E-state index in [1.807, 2.05) is 18.2 Å². The van der Waals surface area contributed by atoms with Crippen LogP contribution in [0.5, 0.6) is 5.75 Å². The molecule has 7 nitrogen and oxygen atoms in total. The smallest absolute Gasteiger partial charge is 0.230 e. The van der Waals surface area contributed by atoms with Gasteiger partial charge in [-0.05, 0) is 59.0 Å². The summed E-state index contributed by atoms with van der Waals surface area (Å²) in [6.07, 6.45) is 0.904. The minimum absolute atomic E-state index is 0.0510. The molecule has 0 bridgehead atoms. The minimum Gasteiger partial charge on any atom is -0.508 e. The Morgan fingerprint density at radius 2 is 1.85 bits per heavy atom. The lowest BCUT2D eigenvalue weighted by atomic mass is 10.3. The topological polar surface area (TPSA) is 92.9 Å². The van der Waals surface area contributed by atoms with Gasteiger partial charge in [0.15, 0.2) is 0 Å². The molecule has 0 radical (unpaired) electrons. The number of nitrogens with zero attached hydrogens (tertiary/aromatic N) is 4. The molecule has 0 spiro atoms. The van der Waals surface area contributed by atoms with Crippen molar-refractivity contribution >= 4 is 29.4 Å². The highest BCUT2D eigenvalue weighted by molar-refractivity contribution is 7.99. The molecule has 0 unspecified atom stereocenters. The third-order valence-corrected chi connectivity index (χ3v) is 5.54. The summed E-state index contributed by atoms with van der Waals surface area (Å²) < 4.78 is 1.54. The van der Waals surface area contributed by atoms with Crippen molar-refractivity contribution in [1.29, 1.82) is 0 Å². The summed E-state index contributed by atoms with van der Waals surface area (Å²) in [5.41, 5.74) is 0.721. The number of aromatic hydroxyl groups is 1. The highest BCUT2D eigenvalue weighted by Crippen LogP contribution is 2.20. The molecule has 0 saturated heterocycles. The lowest BCUT2D eigenvalue weighted by Gasteiger charge is -2.06. The van der Waals surface area contributed by atoms with Crippen LogP contribution < -0.4 is 5.32 Å². The zero-order valence-corrected chi connectivity index (χ0v) is 16.1. The van der Waals surface area contributed by atoms with Crippen molar-refractivity contribution in [3.05, 3.63) is 54.6 Å². The van der Waals surface area contributed by atoms with Gasteiger partial charge in [-0.15, -0.1) is 16.9 Å². The Hall–Kier alpha value is -2.52. The number of aromatic nitrogens is 4. The molecule has 1 amide bonds. The van der Waals surface area contributed by atoms with E-state index in [1.165, 1.54) is 21.3 Å². The van der Waals surface area contributed by atoms with Crippen molar-refractivity contribution in [2.75, 3.05) is 18.1 Å². The zero-order chi connectivity index (χ0) is 18.9. The van der Waals surface area contributed by atoms with Crippen LogP contribution in [0.25, 0.3) is 5.69 Å². The first kappa shape index (κ1) is 19.2. The van der Waals surface area contributed by atoms with E-state index in [9.17, 15) is 9.90 Å². The molecule has 2 aromatic carbocycles. The molecule has 2 N–H and O–H groups in total. The van der Waals surface area contributed by atoms with Gasteiger partial charge in [0.2, 0.25) is 11.1 Å². The van der Waals surface area contributed by atoms with E-state index < -0.39 is 0 Å². The van der Waals surface area contributed by atoms with Gasteiger partial charge in [0.05, 0.1) is 11.4 Å². The van der Waals surface area contributed by atoms with Gasteiger partial charge in [-0.3, -0.25) is 4.79 Å². The Morgan fingerprint density at radius 3 is 2.63 bits per heavy atom. The summed E-state index contributed by atoms with van der Waals surface area (Å²) in [6.45, 7) is 0.641. The molecule has 0 aliphatic carbocycles. The molecule has 9 heteroatoms. The van der Waals surface area contributed by atoms with Crippen LogP contribution in [0.1, 0.15) is 6.42 Å². The number of carbonyl (C=O) groups excluding carboxylic acids is 1. The highest BCUT2D eigenvalue weighted by Gasteiger charge is 2.11. The maximum absolute atomic E-state index is 12.0. The number of hydrogen-bond acceptors (Lipinski definition) is 7. The standard InChI is InChI=1S/C18H19N5O2S2/c24-15-9-7-14(8-10-15)23-18(20-21-22-23)27-13-17(25)19-11-4-12-26-16-5-2-1-3-6-16/h1-3,5-10,24H,4,11-13H2,(H,19,25). The maximum Gasteiger partial charge on any atom is 0.230 e. The number of phenols is 1. The predicted molar refractivity (Wildman–Crippen MR) is 106 cm³/mol. The average Bonchev–Trinajstić information content (AvgIpc) is 3.16. The van der Waals surface area contributed by atoms with Crippen molar-refractivity contribution in [2.24, 2.45) is 0 Å². The van der Waals surface area contributed by atoms with Gasteiger partial charge in [-0.2, -0.15) is 4.68 Å². The van der Waals surface area contributed by atoms with Crippen molar-refractivity contribution in [1.82, 2.24) is 25.5 Å². The fraction of sp³-hybridized carbons (Fsp3) is 0.222. The third kappa shape index (κ3) is 6.00. The Morgan fingerprint density at radius 1 is 1.07 bits per heavy atom. The fourth-order valence-electron chi connectivity index (χ4n) is 2.21. The number of carbonyl (C=O) groups is 1. The summed E-state index contributed by atoms with van der Waals surface area (Å²) in [7, 11) is 0. The molecule has 0 aliphatic rings. The summed E-state index contributed by atoms with van der Waals surface area (Å²) in [4.78, 5) is 13.3. The van der Waals surface area contributed by atoms with E-state index >= 15 is 0 Å². The number of phenolic OH excluding ortho intramolecular Hbond substituents is 1. The van der Waals surface area contributed by atoms with E-state index in [0.29, 0.717) is 11.7 Å². The molecule has 0 fully saturated rings. The van der Waals surface area contributed by atoms with Gasteiger partial charge in [-0.1, -0.05) is 30.0 Å². The lowest BCUT2D eigenvalue weighted by Crippen LogP contribution is -2.26. The molecule has 1 heterocycles. The van der Waals surface area contributed by atoms with Crippen LogP contribution in [-0.4, -0.2) is 49.3 Å². The molecule has 0 saturated carbocycles. The van der Waals surface area contributed by atoms with E-state index in [-0.39, 0.29) is 17.4 Å². The zero-order valence-electron chi connectivity index (χ0n) is 14.5. The predicted octanol–water partition coefficient (Wildman–Crippen LogP) is 2.76. The Labute approximate surface area is 165 Å². The van der Waals surface area contributed by atoms with E-state index in [2.05, 4.69) is 33.0 Å². The number of hydrogen-bond donors (Lipinski definition) is 2. The van der Waals surface area contributed by atoms with Crippen LogP contribution >= 0.6 is 23.5 Å². The number of rotatable bonds is 9. The monoisotopic (exact) mass is 401 g/mol. The number of nitrogens with one attached hydrogen (secondary N) is 1. The average molecular weight is 402 g/mol. The number of benzene rings is 2. The van der Waals surface area contributed by atoms with Gasteiger partial charge in [0, 0.05) is 11.4 Å². The fourth-order valence-corrected chi connectivity index (χ4v) is 3.81. The molecule has 27 heavy (non-hydrogen) atoms. The lowest BCUT2D eigenvalue weighted by molar-refractivity contribution is -0.118. The van der Waals surface area contributed by atoms with E-state index in [0.717, 1.165) is 17.9 Å². The molecule has 3 rings (SSSR count). The second kappa shape index (κ2) is 9.98. The van der Waals surface area contributed by atoms with Gasteiger partial charge in [-0.25, -0.2) is 0 Å². The van der Waals surface area contributed by atoms with Crippen molar-refractivity contribution in [2.45, 2.75) is 16.5 Å². The Bertz CT molecular complexity index is 856. The van der Waals surface area contributed by atoms with Crippen molar-refractivity contribution in [3.63, 3.8) is 0 Å². The van der Waals surface area contributed by atoms with E-state index in [4.69, 9.17) is 0 Å². The second-order valence-electron chi connectivity index (χ2n) is 5.54. The number of amides is 1. The van der Waals surface area contributed by atoms with Crippen LogP contribution in [-0.2, 0) is 4.79 Å². The summed E-state index contributed by atoms with van der Waals surface area (Å²) in [5, 5.41) is 24.3. The molecule has 3 aromatic rings. The van der Waals surface area contributed by atoms with Crippen LogP contribution in [0.15, 0.2) is 64.6 Å². The number of tetrazole rings is 1. The summed E-state index contributed by atoms with van der Waals surface area (Å²) in [5.74, 6) is 1.32. The molecular weight excluding hydrogens is 382 g/mol. The van der Waals surface area contributed by atoms with Gasteiger partial charge in [0.25, 0.3) is 0 Å². The van der Waals surface area contributed by atoms with Crippen LogP contribution in [0.2, 0.25) is 0 Å². The quantitative estimate of drug-likeness (QED) is 0.421. The van der Waals surface area contributed by atoms with Gasteiger partial charge >= 0.3 is 0 Å². The van der Waals surface area contributed by atoms with Crippen LogP contribution in [0.3, 0.4) is 0 Å². The molecule has 1 aromatic heterocycles. The van der Waals surface area contributed by atoms with E-state index in [1.54, 1.807) is 36.0 Å². The largest absolute Gasteiger partial charge is 0.508 e. The molecule has 0 atom stereocenters. The summed E-state index contributed by atoms with van der Waals surface area (Å²) in [6, 6.07) is 16.7. The van der Waals surface area contributed by atoms with Crippen molar-refractivity contribution in [3.8, 4) is 11.4 Å². The summed E-state index contributed by atoms with van der Waals surface area (Å²) >= 11 is 3.05. The van der Waals surface area contributed by atoms with Gasteiger partial charge < -0.3 is 10.4 Å². The maximum atomic E-state index is 12.0. The van der Waals surface area contributed by atoms with Crippen LogP contribution in [0, 0.1) is 0 Å².